The van der Waals surface area contributed by atoms with Crippen molar-refractivity contribution in [3.63, 3.8) is 0 Å². The maximum Gasteiger partial charge on any atom is 0.180 e. The summed E-state index contributed by atoms with van der Waals surface area (Å²) >= 11 is 6.76. The van der Waals surface area contributed by atoms with Gasteiger partial charge in [-0.2, -0.15) is 0 Å². The molecule has 0 atom stereocenters. The highest BCUT2D eigenvalue weighted by Gasteiger charge is 2.24. The van der Waals surface area contributed by atoms with Gasteiger partial charge in [-0.05, 0) is 60.7 Å². The fourth-order valence-corrected chi connectivity index (χ4v) is 4.26. The summed E-state index contributed by atoms with van der Waals surface area (Å²) in [6, 6.07) is 14.6. The van der Waals surface area contributed by atoms with Crippen LogP contribution in [-0.4, -0.2) is 24.1 Å². The molecule has 0 saturated heterocycles. The molecule has 5 aromatic rings. The maximum atomic E-state index is 6.76. The van der Waals surface area contributed by atoms with Gasteiger partial charge in [-0.3, -0.25) is 9.38 Å². The Labute approximate surface area is 172 Å². The lowest BCUT2D eigenvalue weighted by atomic mass is 10.0. The lowest BCUT2D eigenvalue weighted by Gasteiger charge is -2.09. The van der Waals surface area contributed by atoms with Crippen molar-refractivity contribution < 1.29 is 0 Å². The molecule has 0 bridgehead atoms. The first-order chi connectivity index (χ1) is 14.3. The first kappa shape index (κ1) is 16.7. The Bertz CT molecular complexity index is 1350. The van der Waals surface area contributed by atoms with Gasteiger partial charge in [0.15, 0.2) is 5.65 Å². The fourth-order valence-electron chi connectivity index (χ4n) is 3.95. The molecule has 6 heteroatoms. The Morgan fingerprint density at radius 1 is 0.966 bits per heavy atom. The second-order valence-electron chi connectivity index (χ2n) is 7.67. The van der Waals surface area contributed by atoms with Gasteiger partial charge in [-0.25, -0.2) is 0 Å². The highest BCUT2D eigenvalue weighted by Crippen LogP contribution is 2.35. The standard InChI is InChI=1S/C23H18ClN5/c24-22-19(8-12-29-21(13-15-1-2-15)26-27-23(22)29)16-3-4-20-17(14-16)7-11-28(20)18-5-9-25-10-6-18/h3-12,14-15H,1-2,13H2. The topological polar surface area (TPSA) is 48.0 Å². The van der Waals surface area contributed by atoms with E-state index in [0.717, 1.165) is 51.5 Å². The van der Waals surface area contributed by atoms with Crippen molar-refractivity contribution in [3.05, 3.63) is 78.1 Å². The van der Waals surface area contributed by atoms with Gasteiger partial charge >= 0.3 is 0 Å². The van der Waals surface area contributed by atoms with E-state index in [1.807, 2.05) is 22.7 Å². The molecule has 0 N–H and O–H groups in total. The Kier molecular flexibility index (Phi) is 3.71. The summed E-state index contributed by atoms with van der Waals surface area (Å²) in [5.74, 6) is 1.76. The van der Waals surface area contributed by atoms with Crippen molar-refractivity contribution in [2.75, 3.05) is 0 Å². The fraction of sp³-hybridized carbons (Fsp3) is 0.174. The number of hydrogen-bond donors (Lipinski definition) is 0. The summed E-state index contributed by atoms with van der Waals surface area (Å²) in [6.07, 6.45) is 11.3. The van der Waals surface area contributed by atoms with Crippen molar-refractivity contribution in [2.24, 2.45) is 5.92 Å². The van der Waals surface area contributed by atoms with Crippen LogP contribution in [0.2, 0.25) is 5.02 Å². The molecule has 5 nitrogen and oxygen atoms in total. The third-order valence-electron chi connectivity index (χ3n) is 5.70. The van der Waals surface area contributed by atoms with Crippen LogP contribution in [0.15, 0.2) is 67.3 Å². The predicted octanol–water partition coefficient (Wildman–Crippen LogP) is 5.34. The molecule has 1 aliphatic rings. The Balaban J connectivity index is 1.43. The summed E-state index contributed by atoms with van der Waals surface area (Å²) in [6.45, 7) is 0. The van der Waals surface area contributed by atoms with Gasteiger partial charge in [-0.15, -0.1) is 10.2 Å². The summed E-state index contributed by atoms with van der Waals surface area (Å²) in [5.41, 5.74) is 5.02. The predicted molar refractivity (Wildman–Crippen MR) is 114 cm³/mol. The van der Waals surface area contributed by atoms with Crippen LogP contribution in [0.1, 0.15) is 18.7 Å². The van der Waals surface area contributed by atoms with Gasteiger partial charge < -0.3 is 4.57 Å². The van der Waals surface area contributed by atoms with Crippen LogP contribution < -0.4 is 0 Å². The largest absolute Gasteiger partial charge is 0.316 e. The number of hydrogen-bond acceptors (Lipinski definition) is 3. The van der Waals surface area contributed by atoms with E-state index < -0.39 is 0 Å². The summed E-state index contributed by atoms with van der Waals surface area (Å²) in [5, 5.41) is 10.5. The van der Waals surface area contributed by atoms with E-state index in [2.05, 4.69) is 56.3 Å². The van der Waals surface area contributed by atoms with Crippen LogP contribution in [0, 0.1) is 5.92 Å². The minimum atomic E-state index is 0.648. The monoisotopic (exact) mass is 399 g/mol. The Morgan fingerprint density at radius 2 is 1.83 bits per heavy atom. The molecule has 1 saturated carbocycles. The third kappa shape index (κ3) is 2.81. The van der Waals surface area contributed by atoms with Crippen molar-refractivity contribution in [3.8, 4) is 16.8 Å². The van der Waals surface area contributed by atoms with E-state index in [1.165, 1.54) is 12.8 Å². The molecular weight excluding hydrogens is 382 g/mol. The number of nitrogens with zero attached hydrogens (tertiary/aromatic N) is 5. The summed E-state index contributed by atoms with van der Waals surface area (Å²) in [4.78, 5) is 4.10. The normalized spacial score (nSPS) is 14.1. The number of pyridine rings is 2. The first-order valence-electron chi connectivity index (χ1n) is 9.82. The summed E-state index contributed by atoms with van der Waals surface area (Å²) in [7, 11) is 0. The van der Waals surface area contributed by atoms with E-state index in [1.54, 1.807) is 12.4 Å². The molecule has 1 aliphatic carbocycles. The van der Waals surface area contributed by atoms with Crippen LogP contribution in [0.25, 0.3) is 33.4 Å². The molecule has 6 rings (SSSR count). The van der Waals surface area contributed by atoms with Gasteiger partial charge in [0.05, 0.1) is 10.5 Å². The number of halogens is 1. The molecule has 142 valence electrons. The molecule has 4 aromatic heterocycles. The van der Waals surface area contributed by atoms with Crippen LogP contribution in [-0.2, 0) is 6.42 Å². The molecule has 0 radical (unpaired) electrons. The van der Waals surface area contributed by atoms with Gasteiger partial charge in [0.2, 0.25) is 0 Å². The molecule has 4 heterocycles. The molecule has 0 aliphatic heterocycles. The highest BCUT2D eigenvalue weighted by molar-refractivity contribution is 6.36. The number of aromatic nitrogens is 5. The van der Waals surface area contributed by atoms with Crippen LogP contribution in [0.3, 0.4) is 0 Å². The second-order valence-corrected chi connectivity index (χ2v) is 8.04. The van der Waals surface area contributed by atoms with Crippen molar-refractivity contribution in [1.29, 1.82) is 0 Å². The number of rotatable bonds is 4. The van der Waals surface area contributed by atoms with E-state index in [9.17, 15) is 0 Å². The maximum absolute atomic E-state index is 6.76. The average Bonchev–Trinajstić information content (AvgIpc) is 3.32. The zero-order valence-electron chi connectivity index (χ0n) is 15.7. The molecule has 0 unspecified atom stereocenters. The third-order valence-corrected chi connectivity index (χ3v) is 6.07. The number of fused-ring (bicyclic) bond motifs is 2. The molecule has 1 fully saturated rings. The SMILES string of the molecule is Clc1c(-c2ccc3c(ccn3-c3ccncc3)c2)ccn2c(CC3CC3)nnc12. The van der Waals surface area contributed by atoms with E-state index in [0.29, 0.717) is 5.02 Å². The van der Waals surface area contributed by atoms with Crippen molar-refractivity contribution in [2.45, 2.75) is 19.3 Å². The molecule has 29 heavy (non-hydrogen) atoms. The lowest BCUT2D eigenvalue weighted by Crippen LogP contribution is -1.97. The summed E-state index contributed by atoms with van der Waals surface area (Å²) < 4.78 is 4.19. The van der Waals surface area contributed by atoms with Crippen molar-refractivity contribution >= 4 is 28.2 Å². The number of benzene rings is 1. The quantitative estimate of drug-likeness (QED) is 0.409. The smallest absolute Gasteiger partial charge is 0.180 e. The van der Waals surface area contributed by atoms with Crippen LogP contribution >= 0.6 is 11.6 Å². The van der Waals surface area contributed by atoms with Crippen LogP contribution in [0.4, 0.5) is 0 Å². The highest BCUT2D eigenvalue weighted by atomic mass is 35.5. The van der Waals surface area contributed by atoms with Crippen LogP contribution in [0.5, 0.6) is 0 Å². The molecular formula is C23H18ClN5. The average molecular weight is 400 g/mol. The van der Waals surface area contributed by atoms with Crippen molar-refractivity contribution in [1.82, 2.24) is 24.1 Å². The molecule has 0 spiro atoms. The second kappa shape index (κ2) is 6.42. The van der Waals surface area contributed by atoms with Gasteiger partial charge in [0.1, 0.15) is 5.82 Å². The zero-order valence-corrected chi connectivity index (χ0v) is 16.4. The van der Waals surface area contributed by atoms with E-state index in [-0.39, 0.29) is 0 Å². The first-order valence-corrected chi connectivity index (χ1v) is 10.2. The zero-order chi connectivity index (χ0) is 19.4. The van der Waals surface area contributed by atoms with Gasteiger partial charge in [-0.1, -0.05) is 17.7 Å². The minimum absolute atomic E-state index is 0.648. The molecule has 1 aromatic carbocycles. The lowest BCUT2D eigenvalue weighted by molar-refractivity contribution is 0.758. The van der Waals surface area contributed by atoms with E-state index in [4.69, 9.17) is 11.6 Å². The van der Waals surface area contributed by atoms with Gasteiger partial charge in [0, 0.05) is 47.8 Å². The van der Waals surface area contributed by atoms with E-state index >= 15 is 0 Å². The Hall–Kier alpha value is -3.18. The van der Waals surface area contributed by atoms with Gasteiger partial charge in [0.25, 0.3) is 0 Å². The molecule has 0 amide bonds. The minimum Gasteiger partial charge on any atom is -0.316 e. The Morgan fingerprint density at radius 3 is 2.66 bits per heavy atom.